The smallest absolute Gasteiger partial charge is 0.302 e. The summed E-state index contributed by atoms with van der Waals surface area (Å²) in [6.07, 6.45) is 10.1. The summed E-state index contributed by atoms with van der Waals surface area (Å²) in [7, 11) is 0. The highest BCUT2D eigenvalue weighted by Gasteiger charge is 2.03. The van der Waals surface area contributed by atoms with Crippen molar-refractivity contribution in [3.8, 4) is 0 Å². The molecule has 1 atom stereocenters. The van der Waals surface area contributed by atoms with E-state index in [0.29, 0.717) is 0 Å². The molecule has 0 amide bonds. The highest BCUT2D eigenvalue weighted by atomic mass is 16.5. The lowest BCUT2D eigenvalue weighted by Crippen LogP contribution is -2.11. The Kier molecular flexibility index (Phi) is 7.90. The summed E-state index contributed by atoms with van der Waals surface area (Å²) >= 11 is 0. The fourth-order valence-electron chi connectivity index (χ4n) is 1.23. The predicted octanol–water partition coefficient (Wildman–Crippen LogP) is 3.24. The van der Waals surface area contributed by atoms with E-state index < -0.39 is 0 Å². The maximum absolute atomic E-state index is 10.6. The van der Waals surface area contributed by atoms with Crippen LogP contribution in [0.5, 0.6) is 0 Å². The quantitative estimate of drug-likeness (QED) is 0.355. The molecule has 0 saturated carbocycles. The normalized spacial score (nSPS) is 12.7. The van der Waals surface area contributed by atoms with Crippen LogP contribution >= 0.6 is 0 Å². The van der Waals surface area contributed by atoms with E-state index in [-0.39, 0.29) is 12.1 Å². The van der Waals surface area contributed by atoms with E-state index >= 15 is 0 Å². The number of unbranched alkanes of at least 4 members (excludes halogenated alkanes) is 2. The van der Waals surface area contributed by atoms with E-state index in [4.69, 9.17) is 4.74 Å². The summed E-state index contributed by atoms with van der Waals surface area (Å²) in [4.78, 5) is 10.6. The first-order valence-electron chi connectivity index (χ1n) is 5.11. The van der Waals surface area contributed by atoms with E-state index in [1.54, 1.807) is 6.08 Å². The molecule has 2 nitrogen and oxygen atoms in total. The first-order chi connectivity index (χ1) is 6.66. The Morgan fingerprint density at radius 3 is 2.79 bits per heavy atom. The molecule has 0 saturated heterocycles. The molecule has 0 spiro atoms. The van der Waals surface area contributed by atoms with Gasteiger partial charge in [0.1, 0.15) is 0 Å². The predicted molar refractivity (Wildman–Crippen MR) is 59.0 cm³/mol. The van der Waals surface area contributed by atoms with Crippen LogP contribution in [0.15, 0.2) is 24.8 Å². The maximum Gasteiger partial charge on any atom is 0.302 e. The number of rotatable bonds is 7. The number of carbonyl (C=O) groups excluding carboxylic acids is 1. The molecule has 0 aromatic rings. The van der Waals surface area contributed by atoms with Gasteiger partial charge >= 0.3 is 5.97 Å². The third kappa shape index (κ3) is 9.04. The number of esters is 1. The molecule has 0 aliphatic carbocycles. The van der Waals surface area contributed by atoms with Gasteiger partial charge in [-0.15, -0.1) is 0 Å². The van der Waals surface area contributed by atoms with E-state index in [1.807, 2.05) is 13.0 Å². The molecule has 0 aromatic heterocycles. The summed E-state index contributed by atoms with van der Waals surface area (Å²) in [6.45, 7) is 6.97. The van der Waals surface area contributed by atoms with Gasteiger partial charge in [-0.1, -0.05) is 24.8 Å². The lowest BCUT2D eigenvalue weighted by Gasteiger charge is -2.10. The maximum atomic E-state index is 10.6. The lowest BCUT2D eigenvalue weighted by molar-refractivity contribution is -0.145. The molecule has 1 unspecified atom stereocenters. The molecule has 0 bridgehead atoms. The third-order valence-electron chi connectivity index (χ3n) is 1.87. The summed E-state index contributed by atoms with van der Waals surface area (Å²) < 4.78 is 5.00. The Morgan fingerprint density at radius 2 is 2.21 bits per heavy atom. The van der Waals surface area contributed by atoms with Gasteiger partial charge in [0.15, 0.2) is 0 Å². The minimum absolute atomic E-state index is 0.0517. The second kappa shape index (κ2) is 8.54. The molecule has 2 heteroatoms. The zero-order valence-corrected chi connectivity index (χ0v) is 9.16. The zero-order valence-electron chi connectivity index (χ0n) is 9.16. The van der Waals surface area contributed by atoms with Crippen LogP contribution in [0.4, 0.5) is 0 Å². The SMILES string of the molecule is C=CC=CCCCCC(C)OC(C)=O. The Hall–Kier alpha value is -1.05. The van der Waals surface area contributed by atoms with Gasteiger partial charge in [0, 0.05) is 6.92 Å². The summed E-state index contributed by atoms with van der Waals surface area (Å²) in [5, 5.41) is 0. The largest absolute Gasteiger partial charge is 0.463 e. The topological polar surface area (TPSA) is 26.3 Å². The first kappa shape index (κ1) is 12.9. The van der Waals surface area contributed by atoms with Crippen LogP contribution < -0.4 is 0 Å². The van der Waals surface area contributed by atoms with E-state index in [9.17, 15) is 4.79 Å². The fraction of sp³-hybridized carbons (Fsp3) is 0.583. The summed E-state index contributed by atoms with van der Waals surface area (Å²) in [6, 6.07) is 0. The molecule has 0 radical (unpaired) electrons. The van der Waals surface area contributed by atoms with Gasteiger partial charge in [-0.2, -0.15) is 0 Å². The minimum atomic E-state index is -0.191. The van der Waals surface area contributed by atoms with Gasteiger partial charge in [0.05, 0.1) is 6.10 Å². The molecular weight excluding hydrogens is 176 g/mol. The number of allylic oxidation sites excluding steroid dienone is 3. The van der Waals surface area contributed by atoms with E-state index in [2.05, 4.69) is 12.7 Å². The van der Waals surface area contributed by atoms with E-state index in [0.717, 1.165) is 25.7 Å². The second-order valence-corrected chi connectivity index (χ2v) is 3.37. The monoisotopic (exact) mass is 196 g/mol. The van der Waals surface area contributed by atoms with Crippen LogP contribution in [0.2, 0.25) is 0 Å². The molecule has 0 heterocycles. The van der Waals surface area contributed by atoms with Crippen molar-refractivity contribution < 1.29 is 9.53 Å². The average molecular weight is 196 g/mol. The van der Waals surface area contributed by atoms with Crippen LogP contribution in [0, 0.1) is 0 Å². The number of carbonyl (C=O) groups is 1. The van der Waals surface area contributed by atoms with Crippen LogP contribution in [0.3, 0.4) is 0 Å². The molecular formula is C12H20O2. The molecule has 0 aliphatic rings. The van der Waals surface area contributed by atoms with Gasteiger partial charge in [-0.05, 0) is 32.6 Å². The third-order valence-corrected chi connectivity index (χ3v) is 1.87. The molecule has 14 heavy (non-hydrogen) atoms. The van der Waals surface area contributed by atoms with Crippen molar-refractivity contribution in [3.63, 3.8) is 0 Å². The molecule has 80 valence electrons. The zero-order chi connectivity index (χ0) is 10.8. The molecule has 0 rings (SSSR count). The van der Waals surface area contributed by atoms with Crippen molar-refractivity contribution in [3.05, 3.63) is 24.8 Å². The minimum Gasteiger partial charge on any atom is -0.463 e. The Labute approximate surface area is 86.6 Å². The molecule has 0 aromatic carbocycles. The number of hydrogen-bond acceptors (Lipinski definition) is 2. The second-order valence-electron chi connectivity index (χ2n) is 3.37. The Balaban J connectivity index is 3.31. The van der Waals surface area contributed by atoms with Crippen LogP contribution in [0.1, 0.15) is 39.5 Å². The van der Waals surface area contributed by atoms with E-state index in [1.165, 1.54) is 6.92 Å². The van der Waals surface area contributed by atoms with Gasteiger partial charge in [-0.25, -0.2) is 0 Å². The van der Waals surface area contributed by atoms with Crippen molar-refractivity contribution >= 4 is 5.97 Å². The number of hydrogen-bond donors (Lipinski definition) is 0. The van der Waals surface area contributed by atoms with Gasteiger partial charge < -0.3 is 4.74 Å². The first-order valence-corrected chi connectivity index (χ1v) is 5.11. The van der Waals surface area contributed by atoms with Crippen molar-refractivity contribution in [2.75, 3.05) is 0 Å². The lowest BCUT2D eigenvalue weighted by atomic mass is 10.1. The molecule has 0 fully saturated rings. The Morgan fingerprint density at radius 1 is 1.50 bits per heavy atom. The fourth-order valence-corrected chi connectivity index (χ4v) is 1.23. The van der Waals surface area contributed by atoms with Crippen molar-refractivity contribution in [2.24, 2.45) is 0 Å². The van der Waals surface area contributed by atoms with Crippen LogP contribution in [-0.2, 0) is 9.53 Å². The average Bonchev–Trinajstić information content (AvgIpc) is 2.10. The molecule has 0 N–H and O–H groups in total. The van der Waals surface area contributed by atoms with Crippen molar-refractivity contribution in [1.82, 2.24) is 0 Å². The molecule has 0 aliphatic heterocycles. The standard InChI is InChI=1S/C12H20O2/c1-4-5-6-7-8-9-10-11(2)14-12(3)13/h4-6,11H,1,7-10H2,2-3H3. The van der Waals surface area contributed by atoms with Crippen molar-refractivity contribution in [1.29, 1.82) is 0 Å². The van der Waals surface area contributed by atoms with Crippen molar-refractivity contribution in [2.45, 2.75) is 45.6 Å². The van der Waals surface area contributed by atoms with Gasteiger partial charge in [-0.3, -0.25) is 4.79 Å². The number of ether oxygens (including phenoxy) is 1. The van der Waals surface area contributed by atoms with Crippen LogP contribution in [0.25, 0.3) is 0 Å². The van der Waals surface area contributed by atoms with Crippen LogP contribution in [-0.4, -0.2) is 12.1 Å². The van der Waals surface area contributed by atoms with Gasteiger partial charge in [0.2, 0.25) is 0 Å². The summed E-state index contributed by atoms with van der Waals surface area (Å²) in [5.74, 6) is -0.191. The Bertz CT molecular complexity index is 194. The summed E-state index contributed by atoms with van der Waals surface area (Å²) in [5.41, 5.74) is 0. The highest BCUT2D eigenvalue weighted by Crippen LogP contribution is 2.07. The highest BCUT2D eigenvalue weighted by molar-refractivity contribution is 5.66. The van der Waals surface area contributed by atoms with Gasteiger partial charge in [0.25, 0.3) is 0 Å².